The molecular formula is C25H18BrF3N2O2. The van der Waals surface area contributed by atoms with Crippen molar-refractivity contribution < 1.29 is 22.7 Å². The molecule has 0 fully saturated rings. The fourth-order valence-electron chi connectivity index (χ4n) is 3.53. The third-order valence-electron chi connectivity index (χ3n) is 5.01. The molecular weight excluding hydrogens is 497 g/mol. The Kier molecular flexibility index (Phi) is 6.37. The monoisotopic (exact) mass is 514 g/mol. The zero-order chi connectivity index (χ0) is 23.6. The van der Waals surface area contributed by atoms with Gasteiger partial charge in [0.2, 0.25) is 0 Å². The van der Waals surface area contributed by atoms with Gasteiger partial charge in [-0.2, -0.15) is 13.2 Å². The van der Waals surface area contributed by atoms with Gasteiger partial charge in [0, 0.05) is 10.7 Å². The lowest BCUT2D eigenvalue weighted by Crippen LogP contribution is -2.12. The topological polar surface area (TPSA) is 44.1 Å². The second kappa shape index (κ2) is 9.23. The molecule has 0 N–H and O–H groups in total. The van der Waals surface area contributed by atoms with E-state index < -0.39 is 17.7 Å². The van der Waals surface area contributed by atoms with Gasteiger partial charge in [-0.15, -0.1) is 0 Å². The molecule has 8 heteroatoms. The molecule has 168 valence electrons. The van der Waals surface area contributed by atoms with Gasteiger partial charge < -0.3 is 9.30 Å². The number of hydrogen-bond acceptors (Lipinski definition) is 3. The summed E-state index contributed by atoms with van der Waals surface area (Å²) in [6.07, 6.45) is -3.18. The summed E-state index contributed by atoms with van der Waals surface area (Å²) in [6.45, 7) is 1.93. The number of alkyl halides is 3. The number of esters is 1. The summed E-state index contributed by atoms with van der Waals surface area (Å²) < 4.78 is 49.0. The Balaban J connectivity index is 1.92. The van der Waals surface area contributed by atoms with Gasteiger partial charge in [-0.25, -0.2) is 4.79 Å². The zero-order valence-corrected chi connectivity index (χ0v) is 19.0. The summed E-state index contributed by atoms with van der Waals surface area (Å²) in [4.78, 5) is 16.3. The first-order valence-corrected chi connectivity index (χ1v) is 10.9. The van der Waals surface area contributed by atoms with Crippen LogP contribution in [0.2, 0.25) is 0 Å². The molecule has 4 aromatic rings. The Bertz CT molecular complexity index is 1280. The zero-order valence-electron chi connectivity index (χ0n) is 17.4. The molecule has 0 aliphatic carbocycles. The van der Waals surface area contributed by atoms with Crippen LogP contribution >= 0.6 is 15.9 Å². The number of benzene rings is 2. The minimum absolute atomic E-state index is 0.0146. The molecule has 0 atom stereocenters. The van der Waals surface area contributed by atoms with E-state index in [4.69, 9.17) is 4.74 Å². The highest BCUT2D eigenvalue weighted by atomic mass is 79.9. The second-order valence-corrected chi connectivity index (χ2v) is 8.03. The normalized spacial score (nSPS) is 11.4. The Morgan fingerprint density at radius 3 is 2.30 bits per heavy atom. The standard InChI is InChI=1S/C25H18BrF3N2O2/c1-2-33-24(32)17-9-12-20(30-15-17)23-14-13-21(16-7-10-18(26)11-8-16)31(23)22-6-4-3-5-19(22)25(27,28)29/h3-15H,2H2,1H3. The Morgan fingerprint density at radius 1 is 0.970 bits per heavy atom. The third kappa shape index (κ3) is 4.71. The number of carbonyl (C=O) groups is 1. The quantitative estimate of drug-likeness (QED) is 0.265. The molecule has 0 aliphatic heterocycles. The highest BCUT2D eigenvalue weighted by Gasteiger charge is 2.34. The van der Waals surface area contributed by atoms with Gasteiger partial charge in [-0.05, 0) is 61.0 Å². The van der Waals surface area contributed by atoms with Crippen LogP contribution in [0.25, 0.3) is 28.3 Å². The van der Waals surface area contributed by atoms with Crippen LogP contribution in [-0.4, -0.2) is 22.1 Å². The number of carbonyl (C=O) groups excluding carboxylic acids is 1. The van der Waals surface area contributed by atoms with E-state index in [-0.39, 0.29) is 17.9 Å². The Hall–Kier alpha value is -3.39. The number of hydrogen-bond donors (Lipinski definition) is 0. The molecule has 4 rings (SSSR count). The molecule has 0 spiro atoms. The van der Waals surface area contributed by atoms with E-state index in [0.717, 1.165) is 16.1 Å². The maximum absolute atomic E-state index is 13.9. The number of rotatable bonds is 5. The number of halogens is 4. The molecule has 33 heavy (non-hydrogen) atoms. The predicted molar refractivity (Wildman–Crippen MR) is 123 cm³/mol. The number of ether oxygens (including phenoxy) is 1. The first-order chi connectivity index (χ1) is 15.8. The summed E-state index contributed by atoms with van der Waals surface area (Å²) in [7, 11) is 0. The lowest BCUT2D eigenvalue weighted by Gasteiger charge is -2.19. The van der Waals surface area contributed by atoms with E-state index in [1.54, 1.807) is 41.8 Å². The number of pyridine rings is 1. The van der Waals surface area contributed by atoms with Crippen molar-refractivity contribution in [3.8, 4) is 28.3 Å². The van der Waals surface area contributed by atoms with Crippen molar-refractivity contribution in [1.29, 1.82) is 0 Å². The average molecular weight is 515 g/mol. The van der Waals surface area contributed by atoms with Gasteiger partial charge in [0.05, 0.1) is 40.5 Å². The SMILES string of the molecule is CCOC(=O)c1ccc(-c2ccc(-c3ccc(Br)cc3)n2-c2ccccc2C(F)(F)F)nc1. The van der Waals surface area contributed by atoms with E-state index in [1.165, 1.54) is 18.3 Å². The van der Waals surface area contributed by atoms with Gasteiger partial charge in [-0.1, -0.05) is 40.2 Å². The van der Waals surface area contributed by atoms with Crippen molar-refractivity contribution in [1.82, 2.24) is 9.55 Å². The minimum atomic E-state index is -4.55. The van der Waals surface area contributed by atoms with Crippen molar-refractivity contribution in [2.45, 2.75) is 13.1 Å². The van der Waals surface area contributed by atoms with Gasteiger partial charge in [0.25, 0.3) is 0 Å². The molecule has 4 nitrogen and oxygen atoms in total. The minimum Gasteiger partial charge on any atom is -0.462 e. The molecule has 0 bridgehead atoms. The summed E-state index contributed by atoms with van der Waals surface area (Å²) in [5, 5.41) is 0. The highest BCUT2D eigenvalue weighted by molar-refractivity contribution is 9.10. The average Bonchev–Trinajstić information content (AvgIpc) is 3.24. The first kappa shape index (κ1) is 22.8. The summed E-state index contributed by atoms with van der Waals surface area (Å²) in [5.41, 5.74) is 1.68. The first-order valence-electron chi connectivity index (χ1n) is 10.1. The fourth-order valence-corrected chi connectivity index (χ4v) is 3.80. The molecule has 0 saturated heterocycles. The van der Waals surface area contributed by atoms with E-state index in [1.807, 2.05) is 24.3 Å². The van der Waals surface area contributed by atoms with Crippen LogP contribution in [0.4, 0.5) is 13.2 Å². The van der Waals surface area contributed by atoms with Crippen molar-refractivity contribution in [3.05, 3.63) is 94.6 Å². The summed E-state index contributed by atoms with van der Waals surface area (Å²) in [6, 6.07) is 19.3. The predicted octanol–water partition coefficient (Wildman–Crippen LogP) is 7.16. The number of para-hydroxylation sites is 1. The number of nitrogens with zero attached hydrogens (tertiary/aromatic N) is 2. The van der Waals surface area contributed by atoms with Crippen LogP contribution in [0, 0.1) is 0 Å². The van der Waals surface area contributed by atoms with Gasteiger partial charge in [-0.3, -0.25) is 4.98 Å². The van der Waals surface area contributed by atoms with Gasteiger partial charge in [0.15, 0.2) is 0 Å². The van der Waals surface area contributed by atoms with Crippen molar-refractivity contribution in [3.63, 3.8) is 0 Å². The van der Waals surface area contributed by atoms with E-state index in [9.17, 15) is 18.0 Å². The summed E-state index contributed by atoms with van der Waals surface area (Å²) >= 11 is 3.39. The van der Waals surface area contributed by atoms with Crippen LogP contribution in [0.5, 0.6) is 0 Å². The molecule has 0 radical (unpaired) electrons. The van der Waals surface area contributed by atoms with Crippen molar-refractivity contribution in [2.75, 3.05) is 6.61 Å². The van der Waals surface area contributed by atoms with Crippen LogP contribution < -0.4 is 0 Å². The number of aromatic nitrogens is 2. The molecule has 0 unspecified atom stereocenters. The van der Waals surface area contributed by atoms with Gasteiger partial charge in [0.1, 0.15) is 0 Å². The van der Waals surface area contributed by atoms with Crippen molar-refractivity contribution >= 4 is 21.9 Å². The van der Waals surface area contributed by atoms with E-state index in [0.29, 0.717) is 17.1 Å². The van der Waals surface area contributed by atoms with E-state index >= 15 is 0 Å². The van der Waals surface area contributed by atoms with Crippen LogP contribution in [0.3, 0.4) is 0 Å². The smallest absolute Gasteiger partial charge is 0.418 e. The third-order valence-corrected chi connectivity index (χ3v) is 5.54. The van der Waals surface area contributed by atoms with Crippen LogP contribution in [0.1, 0.15) is 22.8 Å². The molecule has 2 heterocycles. The maximum Gasteiger partial charge on any atom is 0.418 e. The van der Waals surface area contributed by atoms with Gasteiger partial charge >= 0.3 is 12.1 Å². The molecule has 0 aliphatic rings. The Labute approximate surface area is 196 Å². The highest BCUT2D eigenvalue weighted by Crippen LogP contribution is 2.39. The second-order valence-electron chi connectivity index (χ2n) is 7.11. The maximum atomic E-state index is 13.9. The lowest BCUT2D eigenvalue weighted by molar-refractivity contribution is -0.137. The largest absolute Gasteiger partial charge is 0.462 e. The summed E-state index contributed by atoms with van der Waals surface area (Å²) in [5.74, 6) is -0.509. The molecule has 0 saturated carbocycles. The Morgan fingerprint density at radius 2 is 1.67 bits per heavy atom. The lowest BCUT2D eigenvalue weighted by atomic mass is 10.1. The molecule has 0 amide bonds. The van der Waals surface area contributed by atoms with Crippen LogP contribution in [0.15, 0.2) is 83.5 Å². The van der Waals surface area contributed by atoms with Crippen molar-refractivity contribution in [2.24, 2.45) is 0 Å². The molecule has 2 aromatic heterocycles. The van der Waals surface area contributed by atoms with Crippen LogP contribution in [-0.2, 0) is 10.9 Å². The molecule has 2 aromatic carbocycles. The van der Waals surface area contributed by atoms with E-state index in [2.05, 4.69) is 20.9 Å². The fraction of sp³-hybridized carbons (Fsp3) is 0.120.